The SMILES string of the molecule is CC(C)(C(=O)NCCCOc1ccccc1)C(N)=S. The van der Waals surface area contributed by atoms with Gasteiger partial charge in [-0.1, -0.05) is 30.4 Å². The molecule has 0 saturated heterocycles. The van der Waals surface area contributed by atoms with Gasteiger partial charge >= 0.3 is 0 Å². The number of rotatable bonds is 7. The highest BCUT2D eigenvalue weighted by atomic mass is 32.1. The minimum Gasteiger partial charge on any atom is -0.494 e. The van der Waals surface area contributed by atoms with Crippen LogP contribution < -0.4 is 15.8 Å². The van der Waals surface area contributed by atoms with E-state index in [0.29, 0.717) is 13.2 Å². The molecule has 0 heterocycles. The highest BCUT2D eigenvalue weighted by molar-refractivity contribution is 7.80. The van der Waals surface area contributed by atoms with Crippen LogP contribution in [0.25, 0.3) is 0 Å². The van der Waals surface area contributed by atoms with E-state index in [0.717, 1.165) is 12.2 Å². The van der Waals surface area contributed by atoms with Crippen LogP contribution in [0.4, 0.5) is 0 Å². The Kier molecular flexibility index (Phi) is 5.76. The molecule has 1 aromatic rings. The van der Waals surface area contributed by atoms with Crippen molar-refractivity contribution in [2.24, 2.45) is 11.1 Å². The van der Waals surface area contributed by atoms with Gasteiger partial charge in [0, 0.05) is 6.54 Å². The molecule has 4 nitrogen and oxygen atoms in total. The van der Waals surface area contributed by atoms with Gasteiger partial charge in [0.25, 0.3) is 0 Å². The second kappa shape index (κ2) is 7.09. The number of hydrogen-bond acceptors (Lipinski definition) is 3. The van der Waals surface area contributed by atoms with Gasteiger partial charge in [-0.15, -0.1) is 0 Å². The summed E-state index contributed by atoms with van der Waals surface area (Å²) < 4.78 is 5.52. The first-order valence-electron chi connectivity index (χ1n) is 6.20. The predicted molar refractivity (Wildman–Crippen MR) is 80.1 cm³/mol. The van der Waals surface area contributed by atoms with Crippen molar-refractivity contribution in [3.05, 3.63) is 30.3 Å². The first kappa shape index (κ1) is 15.4. The molecule has 0 bridgehead atoms. The van der Waals surface area contributed by atoms with Crippen LogP contribution >= 0.6 is 12.2 Å². The highest BCUT2D eigenvalue weighted by Crippen LogP contribution is 2.15. The van der Waals surface area contributed by atoms with E-state index in [-0.39, 0.29) is 10.9 Å². The Bertz CT molecular complexity index is 432. The van der Waals surface area contributed by atoms with Gasteiger partial charge in [-0.2, -0.15) is 0 Å². The van der Waals surface area contributed by atoms with Crippen molar-refractivity contribution in [1.29, 1.82) is 0 Å². The Hall–Kier alpha value is -1.62. The molecule has 3 N–H and O–H groups in total. The number of thiocarbonyl (C=S) groups is 1. The van der Waals surface area contributed by atoms with Crippen LogP contribution in [0.3, 0.4) is 0 Å². The zero-order valence-corrected chi connectivity index (χ0v) is 12.1. The molecule has 1 amide bonds. The monoisotopic (exact) mass is 280 g/mol. The normalized spacial score (nSPS) is 10.8. The number of nitrogens with one attached hydrogen (secondary N) is 1. The third-order valence-electron chi connectivity index (χ3n) is 2.80. The quantitative estimate of drug-likeness (QED) is 0.591. The second-order valence-corrected chi connectivity index (χ2v) is 5.20. The molecule has 0 atom stereocenters. The third kappa shape index (κ3) is 4.87. The van der Waals surface area contributed by atoms with Gasteiger partial charge in [0.15, 0.2) is 0 Å². The summed E-state index contributed by atoms with van der Waals surface area (Å²) in [4.78, 5) is 12.0. The Balaban J connectivity index is 2.21. The van der Waals surface area contributed by atoms with E-state index in [2.05, 4.69) is 5.32 Å². The van der Waals surface area contributed by atoms with Crippen molar-refractivity contribution in [2.75, 3.05) is 13.2 Å². The number of para-hydroxylation sites is 1. The number of benzene rings is 1. The lowest BCUT2D eigenvalue weighted by molar-refractivity contribution is -0.126. The van der Waals surface area contributed by atoms with Gasteiger partial charge in [-0.05, 0) is 32.4 Å². The minimum absolute atomic E-state index is 0.153. The van der Waals surface area contributed by atoms with Crippen molar-refractivity contribution in [2.45, 2.75) is 20.3 Å². The van der Waals surface area contributed by atoms with Gasteiger partial charge < -0.3 is 15.8 Å². The molecule has 0 saturated carbocycles. The summed E-state index contributed by atoms with van der Waals surface area (Å²) >= 11 is 4.87. The van der Waals surface area contributed by atoms with E-state index in [1.807, 2.05) is 30.3 Å². The number of hydrogen-bond donors (Lipinski definition) is 2. The van der Waals surface area contributed by atoms with Crippen LogP contribution in [0.1, 0.15) is 20.3 Å². The fourth-order valence-corrected chi connectivity index (χ4v) is 1.41. The number of amides is 1. The van der Waals surface area contributed by atoms with E-state index in [1.165, 1.54) is 0 Å². The van der Waals surface area contributed by atoms with E-state index >= 15 is 0 Å². The van der Waals surface area contributed by atoms with Crippen LogP contribution in [0.5, 0.6) is 5.75 Å². The van der Waals surface area contributed by atoms with Crippen LogP contribution in [0.15, 0.2) is 30.3 Å². The maximum Gasteiger partial charge on any atom is 0.232 e. The van der Waals surface area contributed by atoms with Gasteiger partial charge in [-0.25, -0.2) is 0 Å². The molecule has 5 heteroatoms. The smallest absolute Gasteiger partial charge is 0.232 e. The van der Waals surface area contributed by atoms with Crippen molar-refractivity contribution in [1.82, 2.24) is 5.32 Å². The second-order valence-electron chi connectivity index (χ2n) is 4.76. The number of carbonyl (C=O) groups is 1. The van der Waals surface area contributed by atoms with Crippen molar-refractivity contribution in [3.63, 3.8) is 0 Å². The van der Waals surface area contributed by atoms with E-state index in [9.17, 15) is 4.79 Å². The highest BCUT2D eigenvalue weighted by Gasteiger charge is 2.30. The predicted octanol–water partition coefficient (Wildman–Crippen LogP) is 1.88. The van der Waals surface area contributed by atoms with Gasteiger partial charge in [0.05, 0.1) is 17.0 Å². The molecule has 1 aromatic carbocycles. The lowest BCUT2D eigenvalue weighted by atomic mass is 9.92. The summed E-state index contributed by atoms with van der Waals surface area (Å²) in [6.45, 7) is 4.52. The molecule has 0 fully saturated rings. The van der Waals surface area contributed by atoms with Gasteiger partial charge in [0.1, 0.15) is 5.75 Å². The van der Waals surface area contributed by atoms with Crippen LogP contribution in [0, 0.1) is 5.41 Å². The molecule has 0 unspecified atom stereocenters. The number of carbonyl (C=O) groups excluding carboxylic acids is 1. The molecule has 0 spiro atoms. The Morgan fingerprint density at radius 3 is 2.58 bits per heavy atom. The minimum atomic E-state index is -0.810. The van der Waals surface area contributed by atoms with Crippen LogP contribution in [0.2, 0.25) is 0 Å². The van der Waals surface area contributed by atoms with Crippen LogP contribution in [-0.4, -0.2) is 24.0 Å². The fraction of sp³-hybridized carbons (Fsp3) is 0.429. The molecule has 1 rings (SSSR count). The summed E-state index contributed by atoms with van der Waals surface area (Å²) in [5, 5.41) is 2.80. The van der Waals surface area contributed by atoms with Crippen molar-refractivity contribution in [3.8, 4) is 5.75 Å². The van der Waals surface area contributed by atoms with Crippen LogP contribution in [-0.2, 0) is 4.79 Å². The van der Waals surface area contributed by atoms with E-state index in [4.69, 9.17) is 22.7 Å². The maximum absolute atomic E-state index is 11.8. The van der Waals surface area contributed by atoms with Crippen molar-refractivity contribution >= 4 is 23.1 Å². The fourth-order valence-electron chi connectivity index (χ4n) is 1.31. The molecule has 0 radical (unpaired) electrons. The number of nitrogens with two attached hydrogens (primary N) is 1. The van der Waals surface area contributed by atoms with Gasteiger partial charge in [-0.3, -0.25) is 4.79 Å². The molecule has 0 aliphatic carbocycles. The maximum atomic E-state index is 11.8. The summed E-state index contributed by atoms with van der Waals surface area (Å²) in [6.07, 6.45) is 0.730. The van der Waals surface area contributed by atoms with E-state index < -0.39 is 5.41 Å². The number of ether oxygens (including phenoxy) is 1. The summed E-state index contributed by atoms with van der Waals surface area (Å²) in [7, 11) is 0. The van der Waals surface area contributed by atoms with E-state index in [1.54, 1.807) is 13.8 Å². The molecule has 0 aliphatic heterocycles. The molecule has 104 valence electrons. The van der Waals surface area contributed by atoms with Crippen molar-refractivity contribution < 1.29 is 9.53 Å². The Morgan fingerprint density at radius 2 is 2.00 bits per heavy atom. The molecule has 0 aromatic heterocycles. The zero-order chi connectivity index (χ0) is 14.3. The molecular formula is C14H20N2O2S. The summed E-state index contributed by atoms with van der Waals surface area (Å²) in [6, 6.07) is 9.57. The lowest BCUT2D eigenvalue weighted by Crippen LogP contribution is -2.45. The topological polar surface area (TPSA) is 64.3 Å². The molecule has 0 aliphatic rings. The Labute approximate surface area is 119 Å². The Morgan fingerprint density at radius 1 is 1.37 bits per heavy atom. The first-order chi connectivity index (χ1) is 8.94. The summed E-state index contributed by atoms with van der Waals surface area (Å²) in [5.74, 6) is 0.678. The molecular weight excluding hydrogens is 260 g/mol. The average Bonchev–Trinajstić information content (AvgIpc) is 2.39. The zero-order valence-electron chi connectivity index (χ0n) is 11.3. The molecule has 19 heavy (non-hydrogen) atoms. The standard InChI is InChI=1S/C14H20N2O2S/c1-14(2,12(15)19)13(17)16-9-6-10-18-11-7-4-3-5-8-11/h3-5,7-8H,6,9-10H2,1-2H3,(H2,15,19)(H,16,17). The largest absolute Gasteiger partial charge is 0.494 e. The third-order valence-corrected chi connectivity index (χ3v) is 3.31. The lowest BCUT2D eigenvalue weighted by Gasteiger charge is -2.21. The first-order valence-corrected chi connectivity index (χ1v) is 6.61. The van der Waals surface area contributed by atoms with Gasteiger partial charge in [0.2, 0.25) is 5.91 Å². The average molecular weight is 280 g/mol. The summed E-state index contributed by atoms with van der Waals surface area (Å²) in [5.41, 5.74) is 4.71.